The Hall–Kier alpha value is -2.37. The van der Waals surface area contributed by atoms with Crippen LogP contribution >= 0.6 is 11.6 Å². The van der Waals surface area contributed by atoms with Crippen molar-refractivity contribution < 1.29 is 14.3 Å². The van der Waals surface area contributed by atoms with Crippen LogP contribution in [-0.4, -0.2) is 32.1 Å². The summed E-state index contributed by atoms with van der Waals surface area (Å²) < 4.78 is 4.91. The molecule has 24 heavy (non-hydrogen) atoms. The van der Waals surface area contributed by atoms with Gasteiger partial charge in [0.15, 0.2) is 0 Å². The van der Waals surface area contributed by atoms with Crippen molar-refractivity contribution in [1.29, 1.82) is 0 Å². The summed E-state index contributed by atoms with van der Waals surface area (Å²) in [4.78, 5) is 24.8. The number of amides is 2. The van der Waals surface area contributed by atoms with E-state index in [-0.39, 0.29) is 11.8 Å². The highest BCUT2D eigenvalue weighted by Crippen LogP contribution is 2.22. The van der Waals surface area contributed by atoms with Gasteiger partial charge in [0.05, 0.1) is 17.9 Å². The summed E-state index contributed by atoms with van der Waals surface area (Å²) in [5, 5.41) is 5.92. The number of hydrogen-bond acceptors (Lipinski definition) is 3. The summed E-state index contributed by atoms with van der Waals surface area (Å²) in [6.45, 7) is 2.64. The molecule has 0 aliphatic carbocycles. The zero-order valence-corrected chi connectivity index (χ0v) is 14.3. The summed E-state index contributed by atoms with van der Waals surface area (Å²) in [6.07, 6.45) is 0. The second-order valence-corrected chi connectivity index (χ2v) is 5.64. The highest BCUT2D eigenvalue weighted by Gasteiger charge is 2.15. The molecule has 2 aromatic carbocycles. The van der Waals surface area contributed by atoms with Crippen molar-refractivity contribution in [2.24, 2.45) is 0 Å². The van der Waals surface area contributed by atoms with Crippen LogP contribution in [0.15, 0.2) is 42.5 Å². The van der Waals surface area contributed by atoms with E-state index in [9.17, 15) is 9.59 Å². The van der Waals surface area contributed by atoms with Crippen molar-refractivity contribution in [1.82, 2.24) is 5.32 Å². The molecule has 0 saturated heterocycles. The number of halogens is 1. The minimum atomic E-state index is -0.302. The number of methoxy groups -OCH3 is 1. The number of carbonyl (C=O) groups is 2. The number of nitrogens with one attached hydrogen (secondary N) is 2. The lowest BCUT2D eigenvalue weighted by atomic mass is 10.1. The van der Waals surface area contributed by atoms with Gasteiger partial charge in [-0.3, -0.25) is 9.59 Å². The van der Waals surface area contributed by atoms with Gasteiger partial charge in [-0.2, -0.15) is 0 Å². The number of benzene rings is 2. The summed E-state index contributed by atoms with van der Waals surface area (Å²) in [5.74, 6) is -0.592. The molecule has 5 nitrogen and oxygen atoms in total. The minimum absolute atomic E-state index is 0.290. The fourth-order valence-electron chi connectivity index (χ4n) is 2.20. The largest absolute Gasteiger partial charge is 0.383 e. The third-order valence-electron chi connectivity index (χ3n) is 3.46. The molecule has 6 heteroatoms. The predicted octanol–water partition coefficient (Wildman–Crippen LogP) is 3.28. The van der Waals surface area contributed by atoms with Gasteiger partial charge in [0.25, 0.3) is 11.8 Å². The lowest BCUT2D eigenvalue weighted by Gasteiger charge is -2.13. The molecule has 0 unspecified atom stereocenters. The van der Waals surface area contributed by atoms with Crippen molar-refractivity contribution in [3.05, 3.63) is 64.2 Å². The third kappa shape index (κ3) is 4.57. The van der Waals surface area contributed by atoms with E-state index in [2.05, 4.69) is 10.6 Å². The lowest BCUT2D eigenvalue weighted by molar-refractivity contribution is 0.0938. The molecule has 0 fully saturated rings. The highest BCUT2D eigenvalue weighted by molar-refractivity contribution is 6.31. The maximum atomic E-state index is 12.5. The first-order valence-electron chi connectivity index (χ1n) is 7.46. The van der Waals surface area contributed by atoms with Crippen LogP contribution in [0.3, 0.4) is 0 Å². The molecule has 2 rings (SSSR count). The van der Waals surface area contributed by atoms with E-state index in [0.717, 1.165) is 5.56 Å². The van der Waals surface area contributed by atoms with Crippen LogP contribution in [0.2, 0.25) is 5.02 Å². The SMILES string of the molecule is COCCNC(=O)c1ccc(Cl)cc1NC(=O)c1ccccc1C. The van der Waals surface area contributed by atoms with Crippen molar-refractivity contribution in [2.45, 2.75) is 6.92 Å². The first-order valence-corrected chi connectivity index (χ1v) is 7.84. The Labute approximate surface area is 146 Å². The smallest absolute Gasteiger partial charge is 0.255 e. The summed E-state index contributed by atoms with van der Waals surface area (Å²) >= 11 is 6.01. The molecular formula is C18H19ClN2O3. The van der Waals surface area contributed by atoms with Gasteiger partial charge >= 0.3 is 0 Å². The molecule has 2 N–H and O–H groups in total. The van der Waals surface area contributed by atoms with E-state index in [0.29, 0.717) is 35.0 Å². The molecule has 126 valence electrons. The van der Waals surface area contributed by atoms with Gasteiger partial charge in [0.2, 0.25) is 0 Å². The predicted molar refractivity (Wildman–Crippen MR) is 94.8 cm³/mol. The van der Waals surface area contributed by atoms with E-state index >= 15 is 0 Å². The van der Waals surface area contributed by atoms with Gasteiger partial charge in [-0.15, -0.1) is 0 Å². The standard InChI is InChI=1S/C18H19ClN2O3/c1-12-5-3-4-6-14(12)18(23)21-16-11-13(19)7-8-15(16)17(22)20-9-10-24-2/h3-8,11H,9-10H2,1-2H3,(H,20,22)(H,21,23). The van der Waals surface area contributed by atoms with Gasteiger partial charge in [0.1, 0.15) is 0 Å². The van der Waals surface area contributed by atoms with Crippen molar-refractivity contribution in [2.75, 3.05) is 25.6 Å². The summed E-state index contributed by atoms with van der Waals surface area (Å²) in [7, 11) is 1.56. The van der Waals surface area contributed by atoms with Crippen LogP contribution in [0.25, 0.3) is 0 Å². The van der Waals surface area contributed by atoms with Crippen molar-refractivity contribution in [3.63, 3.8) is 0 Å². The Kier molecular flexibility index (Phi) is 6.35. The Bertz CT molecular complexity index is 747. The van der Waals surface area contributed by atoms with Crippen LogP contribution in [-0.2, 0) is 4.74 Å². The number of carbonyl (C=O) groups excluding carboxylic acids is 2. The number of hydrogen-bond donors (Lipinski definition) is 2. The van der Waals surface area contributed by atoms with Gasteiger partial charge < -0.3 is 15.4 Å². The molecule has 0 bridgehead atoms. The molecule has 0 atom stereocenters. The monoisotopic (exact) mass is 346 g/mol. The zero-order valence-electron chi connectivity index (χ0n) is 13.6. The molecule has 2 amide bonds. The fourth-order valence-corrected chi connectivity index (χ4v) is 2.37. The molecule has 0 aromatic heterocycles. The molecule has 0 aliphatic rings. The van der Waals surface area contributed by atoms with Gasteiger partial charge in [-0.05, 0) is 36.8 Å². The van der Waals surface area contributed by atoms with Crippen LogP contribution in [0.1, 0.15) is 26.3 Å². The Morgan fingerprint density at radius 2 is 1.83 bits per heavy atom. The van der Waals surface area contributed by atoms with E-state index in [1.54, 1.807) is 37.4 Å². The van der Waals surface area contributed by atoms with E-state index in [1.807, 2.05) is 19.1 Å². The lowest BCUT2D eigenvalue weighted by Crippen LogP contribution is -2.28. The summed E-state index contributed by atoms with van der Waals surface area (Å²) in [6, 6.07) is 12.0. The highest BCUT2D eigenvalue weighted by atomic mass is 35.5. The fraction of sp³-hybridized carbons (Fsp3) is 0.222. The maximum absolute atomic E-state index is 12.5. The summed E-state index contributed by atoms with van der Waals surface area (Å²) in [5.41, 5.74) is 2.11. The second kappa shape index (κ2) is 8.47. The van der Waals surface area contributed by atoms with Crippen LogP contribution in [0.5, 0.6) is 0 Å². The molecule has 0 aliphatic heterocycles. The Morgan fingerprint density at radius 3 is 2.54 bits per heavy atom. The zero-order chi connectivity index (χ0) is 17.5. The third-order valence-corrected chi connectivity index (χ3v) is 3.69. The molecule has 0 saturated carbocycles. The van der Waals surface area contributed by atoms with Gasteiger partial charge in [-0.25, -0.2) is 0 Å². The molecule has 0 spiro atoms. The Morgan fingerprint density at radius 1 is 1.08 bits per heavy atom. The van der Waals surface area contributed by atoms with Crippen molar-refractivity contribution in [3.8, 4) is 0 Å². The number of rotatable bonds is 6. The molecule has 0 radical (unpaired) electrons. The average Bonchev–Trinajstić information content (AvgIpc) is 2.55. The Balaban J connectivity index is 2.23. The van der Waals surface area contributed by atoms with Crippen molar-refractivity contribution >= 4 is 29.1 Å². The molecule has 0 heterocycles. The van der Waals surface area contributed by atoms with Crippen LogP contribution in [0.4, 0.5) is 5.69 Å². The normalized spacial score (nSPS) is 10.3. The maximum Gasteiger partial charge on any atom is 0.255 e. The molecular weight excluding hydrogens is 328 g/mol. The quantitative estimate of drug-likeness (QED) is 0.789. The first-order chi connectivity index (χ1) is 11.5. The second-order valence-electron chi connectivity index (χ2n) is 5.21. The number of aryl methyl sites for hydroxylation is 1. The average molecular weight is 347 g/mol. The topological polar surface area (TPSA) is 67.4 Å². The van der Waals surface area contributed by atoms with E-state index in [4.69, 9.17) is 16.3 Å². The van der Waals surface area contributed by atoms with Gasteiger partial charge in [-0.1, -0.05) is 29.8 Å². The van der Waals surface area contributed by atoms with Gasteiger partial charge in [0, 0.05) is 24.2 Å². The van der Waals surface area contributed by atoms with E-state index < -0.39 is 0 Å². The van der Waals surface area contributed by atoms with Crippen LogP contribution < -0.4 is 10.6 Å². The first kappa shape index (κ1) is 18.0. The number of anilines is 1. The van der Waals surface area contributed by atoms with Crippen LogP contribution in [0, 0.1) is 6.92 Å². The number of ether oxygens (including phenoxy) is 1. The molecule has 2 aromatic rings. The van der Waals surface area contributed by atoms with E-state index in [1.165, 1.54) is 0 Å². The minimum Gasteiger partial charge on any atom is -0.383 e.